The molecular formula is C29H36N4O8. The van der Waals surface area contributed by atoms with Crippen LogP contribution in [0.3, 0.4) is 0 Å². The number of hydrogen-bond acceptors (Lipinski definition) is 9. The van der Waals surface area contributed by atoms with Gasteiger partial charge in [-0.2, -0.15) is 0 Å². The SMILES string of the molecule is CCN(CC)CCNC(=O)c1c(C)[nH]c(/C=C2\C(=O)Nc3ccc(OC(=O)COC(=O)C(C)OC(C)=O)cc32)c1C. The zero-order valence-electron chi connectivity index (χ0n) is 24.1. The van der Waals surface area contributed by atoms with Gasteiger partial charge in [-0.15, -0.1) is 0 Å². The molecule has 2 amide bonds. The maximum atomic E-state index is 12.9. The molecule has 1 unspecified atom stereocenters. The average molecular weight is 569 g/mol. The molecule has 0 saturated heterocycles. The molecule has 2 aromatic rings. The molecule has 1 aliphatic rings. The number of aromatic amines is 1. The normalized spacial score (nSPS) is 13.9. The highest BCUT2D eigenvalue weighted by Gasteiger charge is 2.27. The van der Waals surface area contributed by atoms with Crippen molar-refractivity contribution in [2.24, 2.45) is 0 Å². The highest BCUT2D eigenvalue weighted by Crippen LogP contribution is 2.36. The Morgan fingerprint density at radius 2 is 1.83 bits per heavy atom. The quantitative estimate of drug-likeness (QED) is 0.199. The van der Waals surface area contributed by atoms with Gasteiger partial charge in [-0.25, -0.2) is 9.59 Å². The van der Waals surface area contributed by atoms with Gasteiger partial charge in [0, 0.05) is 42.7 Å². The van der Waals surface area contributed by atoms with Gasteiger partial charge in [0.25, 0.3) is 11.8 Å². The van der Waals surface area contributed by atoms with Crippen LogP contribution in [-0.2, 0) is 28.7 Å². The number of likely N-dealkylation sites (N-methyl/N-ethyl adjacent to an activating group) is 1. The fourth-order valence-electron chi connectivity index (χ4n) is 4.44. The number of H-pyrrole nitrogens is 1. The molecule has 12 heteroatoms. The lowest BCUT2D eigenvalue weighted by molar-refractivity contribution is -0.168. The standard InChI is InChI=1S/C29H36N4O8/c1-7-33(8-2)12-11-30-28(37)26-16(3)24(31-17(26)4)14-22-21-13-20(9-10-23(21)32-27(22)36)41-25(35)15-39-29(38)18(5)40-19(6)34/h9-10,13-14,18,31H,7-8,11-12,15H2,1-6H3,(H,30,37)(H,32,36)/b22-14-. The van der Waals surface area contributed by atoms with Crippen LogP contribution >= 0.6 is 0 Å². The van der Waals surface area contributed by atoms with Crippen molar-refractivity contribution in [2.75, 3.05) is 38.1 Å². The third-order valence-electron chi connectivity index (χ3n) is 6.61. The zero-order valence-corrected chi connectivity index (χ0v) is 24.1. The van der Waals surface area contributed by atoms with Crippen molar-refractivity contribution >= 4 is 47.1 Å². The fraction of sp³-hybridized carbons (Fsp3) is 0.414. The molecule has 12 nitrogen and oxygen atoms in total. The zero-order chi connectivity index (χ0) is 30.3. The first kappa shape index (κ1) is 31.1. The molecule has 0 fully saturated rings. The van der Waals surface area contributed by atoms with Crippen molar-refractivity contribution in [3.8, 4) is 5.75 Å². The third-order valence-corrected chi connectivity index (χ3v) is 6.61. The number of rotatable bonds is 12. The largest absolute Gasteiger partial charge is 0.451 e. The molecule has 0 saturated carbocycles. The maximum absolute atomic E-state index is 12.9. The number of ether oxygens (including phenoxy) is 3. The van der Waals surface area contributed by atoms with E-state index in [-0.39, 0.29) is 17.6 Å². The summed E-state index contributed by atoms with van der Waals surface area (Å²) < 4.78 is 14.8. The molecule has 2 heterocycles. The number of benzene rings is 1. The number of anilines is 1. The molecule has 0 bridgehead atoms. The van der Waals surface area contributed by atoms with E-state index in [0.717, 1.165) is 26.6 Å². The number of aromatic nitrogens is 1. The van der Waals surface area contributed by atoms with Gasteiger partial charge >= 0.3 is 17.9 Å². The van der Waals surface area contributed by atoms with E-state index in [1.807, 2.05) is 6.92 Å². The minimum Gasteiger partial charge on any atom is -0.451 e. The van der Waals surface area contributed by atoms with Crippen molar-refractivity contribution in [3.05, 3.63) is 46.3 Å². The minimum absolute atomic E-state index is 0.132. The molecule has 0 spiro atoms. The summed E-state index contributed by atoms with van der Waals surface area (Å²) in [5.41, 5.74) is 3.84. The summed E-state index contributed by atoms with van der Waals surface area (Å²) in [6.07, 6.45) is 0.490. The van der Waals surface area contributed by atoms with Crippen LogP contribution in [0, 0.1) is 13.8 Å². The summed E-state index contributed by atoms with van der Waals surface area (Å²) in [6, 6.07) is 4.60. The molecule has 41 heavy (non-hydrogen) atoms. The predicted molar refractivity (Wildman–Crippen MR) is 151 cm³/mol. The number of hydrogen-bond donors (Lipinski definition) is 3. The minimum atomic E-state index is -1.16. The van der Waals surface area contributed by atoms with Gasteiger partial charge in [0.05, 0.1) is 11.1 Å². The van der Waals surface area contributed by atoms with Crippen LogP contribution in [0.25, 0.3) is 11.6 Å². The number of nitrogens with one attached hydrogen (secondary N) is 3. The lowest BCUT2D eigenvalue weighted by Crippen LogP contribution is -2.35. The Balaban J connectivity index is 1.73. The Morgan fingerprint density at radius 3 is 2.49 bits per heavy atom. The lowest BCUT2D eigenvalue weighted by atomic mass is 10.0. The van der Waals surface area contributed by atoms with E-state index in [2.05, 4.69) is 34.4 Å². The first-order valence-corrected chi connectivity index (χ1v) is 13.4. The molecule has 3 rings (SSSR count). The van der Waals surface area contributed by atoms with Crippen LogP contribution in [0.5, 0.6) is 5.75 Å². The Bertz CT molecular complexity index is 1370. The predicted octanol–water partition coefficient (Wildman–Crippen LogP) is 2.60. The second-order valence-electron chi connectivity index (χ2n) is 9.50. The second-order valence-corrected chi connectivity index (χ2v) is 9.50. The van der Waals surface area contributed by atoms with Crippen molar-refractivity contribution in [1.29, 1.82) is 0 Å². The number of carbonyl (C=O) groups excluding carboxylic acids is 5. The number of aryl methyl sites for hydroxylation is 1. The Kier molecular flexibility index (Phi) is 10.4. The number of amides is 2. The lowest BCUT2D eigenvalue weighted by Gasteiger charge is -2.18. The van der Waals surface area contributed by atoms with Gasteiger partial charge < -0.3 is 34.7 Å². The van der Waals surface area contributed by atoms with Gasteiger partial charge in [-0.1, -0.05) is 13.8 Å². The van der Waals surface area contributed by atoms with E-state index < -0.39 is 30.6 Å². The highest BCUT2D eigenvalue weighted by atomic mass is 16.6. The van der Waals surface area contributed by atoms with Crippen molar-refractivity contribution in [3.63, 3.8) is 0 Å². The number of esters is 3. The smallest absolute Gasteiger partial charge is 0.349 e. The van der Waals surface area contributed by atoms with Gasteiger partial charge in [0.2, 0.25) is 0 Å². The van der Waals surface area contributed by atoms with Crippen LogP contribution in [0.1, 0.15) is 60.6 Å². The molecule has 1 atom stereocenters. The van der Waals surface area contributed by atoms with Gasteiger partial charge in [0.15, 0.2) is 12.7 Å². The van der Waals surface area contributed by atoms with Crippen LogP contribution < -0.4 is 15.4 Å². The maximum Gasteiger partial charge on any atom is 0.349 e. The van der Waals surface area contributed by atoms with Crippen LogP contribution in [0.2, 0.25) is 0 Å². The van der Waals surface area contributed by atoms with Gasteiger partial charge in [0.1, 0.15) is 5.75 Å². The number of carbonyl (C=O) groups is 5. The summed E-state index contributed by atoms with van der Waals surface area (Å²) >= 11 is 0. The number of nitrogens with zero attached hydrogens (tertiary/aromatic N) is 1. The molecule has 1 aromatic heterocycles. The molecule has 1 aromatic carbocycles. The Labute approximate surface area is 238 Å². The highest BCUT2D eigenvalue weighted by molar-refractivity contribution is 6.35. The fourth-order valence-corrected chi connectivity index (χ4v) is 4.44. The van der Waals surface area contributed by atoms with E-state index in [1.165, 1.54) is 19.1 Å². The van der Waals surface area contributed by atoms with E-state index >= 15 is 0 Å². The summed E-state index contributed by atoms with van der Waals surface area (Å²) in [4.78, 5) is 66.2. The second kappa shape index (κ2) is 13.8. The first-order chi connectivity index (χ1) is 19.4. The van der Waals surface area contributed by atoms with E-state index in [1.54, 1.807) is 19.1 Å². The molecule has 3 N–H and O–H groups in total. The van der Waals surface area contributed by atoms with Crippen molar-refractivity contribution < 1.29 is 38.2 Å². The van der Waals surface area contributed by atoms with Crippen molar-refractivity contribution in [2.45, 2.75) is 47.6 Å². The van der Waals surface area contributed by atoms with E-state index in [9.17, 15) is 24.0 Å². The topological polar surface area (TPSA) is 156 Å². The van der Waals surface area contributed by atoms with Crippen LogP contribution in [0.15, 0.2) is 18.2 Å². The van der Waals surface area contributed by atoms with E-state index in [4.69, 9.17) is 14.2 Å². The third kappa shape index (κ3) is 7.82. The molecule has 1 aliphatic heterocycles. The average Bonchev–Trinajstić information content (AvgIpc) is 3.38. The van der Waals surface area contributed by atoms with Gasteiger partial charge in [-0.3, -0.25) is 14.4 Å². The summed E-state index contributed by atoms with van der Waals surface area (Å²) in [6.45, 7) is 12.6. The Morgan fingerprint density at radius 1 is 1.12 bits per heavy atom. The monoisotopic (exact) mass is 568 g/mol. The molecule has 220 valence electrons. The first-order valence-electron chi connectivity index (χ1n) is 13.4. The number of fused-ring (bicyclic) bond motifs is 1. The summed E-state index contributed by atoms with van der Waals surface area (Å²) in [5, 5.41) is 5.74. The van der Waals surface area contributed by atoms with Crippen LogP contribution in [-0.4, -0.2) is 78.5 Å². The summed E-state index contributed by atoms with van der Waals surface area (Å²) in [7, 11) is 0. The van der Waals surface area contributed by atoms with Gasteiger partial charge in [-0.05, 0) is 63.7 Å². The summed E-state index contributed by atoms with van der Waals surface area (Å²) in [5.74, 6) is -2.82. The van der Waals surface area contributed by atoms with E-state index in [0.29, 0.717) is 45.9 Å². The Hall–Kier alpha value is -4.45. The van der Waals surface area contributed by atoms with Crippen molar-refractivity contribution in [1.82, 2.24) is 15.2 Å². The molecular weight excluding hydrogens is 532 g/mol. The molecule has 0 radical (unpaired) electrons. The van der Waals surface area contributed by atoms with Crippen LogP contribution in [0.4, 0.5) is 5.69 Å². The molecule has 0 aliphatic carbocycles.